The van der Waals surface area contributed by atoms with Gasteiger partial charge in [-0.15, -0.1) is 0 Å². The van der Waals surface area contributed by atoms with Crippen molar-refractivity contribution in [3.05, 3.63) is 28.8 Å². The van der Waals surface area contributed by atoms with Crippen molar-refractivity contribution in [1.82, 2.24) is 5.32 Å². The van der Waals surface area contributed by atoms with Gasteiger partial charge in [0.25, 0.3) is 0 Å². The van der Waals surface area contributed by atoms with E-state index in [-0.39, 0.29) is 0 Å². The van der Waals surface area contributed by atoms with Crippen molar-refractivity contribution in [3.8, 4) is 0 Å². The Morgan fingerprint density at radius 3 is 2.92 bits per heavy atom. The van der Waals surface area contributed by atoms with E-state index in [0.717, 1.165) is 18.8 Å². The van der Waals surface area contributed by atoms with E-state index in [9.17, 15) is 0 Å². The summed E-state index contributed by atoms with van der Waals surface area (Å²) in [6.45, 7) is 2.12. The van der Waals surface area contributed by atoms with Crippen LogP contribution in [-0.4, -0.2) is 13.1 Å². The molecule has 0 radical (unpaired) electrons. The van der Waals surface area contributed by atoms with E-state index in [1.54, 1.807) is 0 Å². The Morgan fingerprint density at radius 1 is 1.46 bits per heavy atom. The number of nitrogens with one attached hydrogen (secondary N) is 1. The highest BCUT2D eigenvalue weighted by atomic mass is 35.5. The zero-order valence-corrected chi connectivity index (χ0v) is 8.14. The van der Waals surface area contributed by atoms with Crippen LogP contribution in [0.5, 0.6) is 0 Å². The van der Waals surface area contributed by atoms with Crippen LogP contribution in [0, 0.1) is 0 Å². The van der Waals surface area contributed by atoms with Gasteiger partial charge in [0, 0.05) is 17.3 Å². The molecule has 1 saturated heterocycles. The van der Waals surface area contributed by atoms with E-state index in [1.807, 2.05) is 18.2 Å². The average molecular weight is 197 g/mol. The first-order valence-corrected chi connectivity index (χ1v) is 4.91. The van der Waals surface area contributed by atoms with Crippen LogP contribution in [0.25, 0.3) is 0 Å². The number of hydrogen-bond donors (Lipinski definition) is 2. The molecule has 0 bridgehead atoms. The van der Waals surface area contributed by atoms with Crippen molar-refractivity contribution < 1.29 is 0 Å². The van der Waals surface area contributed by atoms with Crippen LogP contribution in [0.15, 0.2) is 18.2 Å². The van der Waals surface area contributed by atoms with Crippen molar-refractivity contribution in [3.63, 3.8) is 0 Å². The maximum atomic E-state index is 5.89. The summed E-state index contributed by atoms with van der Waals surface area (Å²) in [4.78, 5) is 0. The average Bonchev–Trinajstić information content (AvgIpc) is 2.56. The molecule has 0 aromatic heterocycles. The summed E-state index contributed by atoms with van der Waals surface area (Å²) in [6.07, 6.45) is 1.17. The molecule has 1 heterocycles. The van der Waals surface area contributed by atoms with Gasteiger partial charge in [-0.25, -0.2) is 0 Å². The molecule has 0 saturated carbocycles. The number of halogens is 1. The second-order valence-corrected chi connectivity index (χ2v) is 3.90. The lowest BCUT2D eigenvalue weighted by atomic mass is 9.97. The highest BCUT2D eigenvalue weighted by Crippen LogP contribution is 2.29. The lowest BCUT2D eigenvalue weighted by Crippen LogP contribution is -2.09. The van der Waals surface area contributed by atoms with Gasteiger partial charge in [0.2, 0.25) is 0 Å². The van der Waals surface area contributed by atoms with Crippen LogP contribution in [-0.2, 0) is 0 Å². The molecule has 1 aromatic carbocycles. The van der Waals surface area contributed by atoms with Gasteiger partial charge in [0.05, 0.1) is 0 Å². The summed E-state index contributed by atoms with van der Waals surface area (Å²) >= 11 is 5.83. The normalized spacial score (nSPS) is 22.1. The van der Waals surface area contributed by atoms with Gasteiger partial charge in [0.15, 0.2) is 0 Å². The van der Waals surface area contributed by atoms with Crippen LogP contribution in [0.3, 0.4) is 0 Å². The third kappa shape index (κ3) is 1.79. The lowest BCUT2D eigenvalue weighted by molar-refractivity contribution is 0.766. The summed E-state index contributed by atoms with van der Waals surface area (Å²) in [5.41, 5.74) is 7.94. The Labute approximate surface area is 83.1 Å². The summed E-state index contributed by atoms with van der Waals surface area (Å²) in [6, 6.07) is 5.77. The molecule has 3 heteroatoms. The summed E-state index contributed by atoms with van der Waals surface area (Å²) in [5, 5.41) is 4.04. The van der Waals surface area contributed by atoms with Crippen molar-refractivity contribution in [1.29, 1.82) is 0 Å². The fraction of sp³-hybridized carbons (Fsp3) is 0.400. The van der Waals surface area contributed by atoms with Gasteiger partial charge in [-0.3, -0.25) is 0 Å². The maximum Gasteiger partial charge on any atom is 0.0426 e. The van der Waals surface area contributed by atoms with Crippen molar-refractivity contribution >= 4 is 17.3 Å². The number of anilines is 1. The summed E-state index contributed by atoms with van der Waals surface area (Å²) < 4.78 is 0. The molecular weight excluding hydrogens is 184 g/mol. The fourth-order valence-electron chi connectivity index (χ4n) is 1.84. The number of nitrogens with two attached hydrogens (primary N) is 1. The Kier molecular flexibility index (Phi) is 2.42. The molecule has 1 aromatic rings. The monoisotopic (exact) mass is 196 g/mol. The van der Waals surface area contributed by atoms with Crippen LogP contribution < -0.4 is 11.1 Å². The van der Waals surface area contributed by atoms with E-state index in [2.05, 4.69) is 5.32 Å². The molecule has 70 valence electrons. The van der Waals surface area contributed by atoms with Gasteiger partial charge in [-0.2, -0.15) is 0 Å². The molecule has 0 unspecified atom stereocenters. The van der Waals surface area contributed by atoms with Crippen molar-refractivity contribution in [2.75, 3.05) is 18.8 Å². The van der Waals surface area contributed by atoms with Gasteiger partial charge < -0.3 is 11.1 Å². The first-order chi connectivity index (χ1) is 6.27. The second kappa shape index (κ2) is 3.56. The Hall–Kier alpha value is -0.730. The third-order valence-corrected chi connectivity index (χ3v) is 2.78. The minimum atomic E-state index is 0.567. The van der Waals surface area contributed by atoms with Crippen molar-refractivity contribution in [2.45, 2.75) is 12.3 Å². The highest BCUT2D eigenvalue weighted by Gasteiger charge is 2.18. The molecule has 0 amide bonds. The van der Waals surface area contributed by atoms with Crippen LogP contribution in [0.1, 0.15) is 17.9 Å². The summed E-state index contributed by atoms with van der Waals surface area (Å²) in [5.74, 6) is 0.567. The standard InChI is InChI=1S/C10H13ClN2/c11-8-1-2-9(10(12)5-8)7-3-4-13-6-7/h1-2,5,7,13H,3-4,6,12H2/t7-/m1/s1. The van der Waals surface area contributed by atoms with Crippen LogP contribution in [0.4, 0.5) is 5.69 Å². The molecule has 0 spiro atoms. The number of hydrogen-bond acceptors (Lipinski definition) is 2. The third-order valence-electron chi connectivity index (χ3n) is 2.55. The lowest BCUT2D eigenvalue weighted by Gasteiger charge is -2.11. The molecule has 13 heavy (non-hydrogen) atoms. The minimum Gasteiger partial charge on any atom is -0.398 e. The topological polar surface area (TPSA) is 38.0 Å². The number of benzene rings is 1. The Balaban J connectivity index is 2.29. The zero-order valence-electron chi connectivity index (χ0n) is 7.39. The molecule has 2 nitrogen and oxygen atoms in total. The first kappa shape index (κ1) is 8.85. The minimum absolute atomic E-state index is 0.567. The SMILES string of the molecule is Nc1cc(Cl)ccc1[C@@H]1CCNC1. The Bertz CT molecular complexity index is 306. The molecule has 1 fully saturated rings. The van der Waals surface area contributed by atoms with E-state index >= 15 is 0 Å². The summed E-state index contributed by atoms with van der Waals surface area (Å²) in [7, 11) is 0. The molecular formula is C10H13ClN2. The van der Waals surface area contributed by atoms with Crippen LogP contribution >= 0.6 is 11.6 Å². The molecule has 3 N–H and O–H groups in total. The van der Waals surface area contributed by atoms with Gasteiger partial charge in [-0.1, -0.05) is 17.7 Å². The van der Waals surface area contributed by atoms with E-state index in [1.165, 1.54) is 12.0 Å². The van der Waals surface area contributed by atoms with E-state index in [0.29, 0.717) is 10.9 Å². The highest BCUT2D eigenvalue weighted by molar-refractivity contribution is 6.30. The molecule has 1 atom stereocenters. The van der Waals surface area contributed by atoms with E-state index in [4.69, 9.17) is 17.3 Å². The van der Waals surface area contributed by atoms with Gasteiger partial charge in [0.1, 0.15) is 0 Å². The largest absolute Gasteiger partial charge is 0.398 e. The molecule has 2 rings (SSSR count). The fourth-order valence-corrected chi connectivity index (χ4v) is 2.02. The second-order valence-electron chi connectivity index (χ2n) is 3.46. The van der Waals surface area contributed by atoms with Gasteiger partial charge >= 0.3 is 0 Å². The predicted molar refractivity (Wildman–Crippen MR) is 56.1 cm³/mol. The predicted octanol–water partition coefficient (Wildman–Crippen LogP) is 2.00. The molecule has 0 aliphatic carbocycles. The van der Waals surface area contributed by atoms with Crippen molar-refractivity contribution in [2.24, 2.45) is 0 Å². The number of rotatable bonds is 1. The van der Waals surface area contributed by atoms with Crippen LogP contribution in [0.2, 0.25) is 5.02 Å². The molecule has 1 aliphatic rings. The number of nitrogen functional groups attached to an aromatic ring is 1. The maximum absolute atomic E-state index is 5.89. The smallest absolute Gasteiger partial charge is 0.0426 e. The first-order valence-electron chi connectivity index (χ1n) is 4.53. The quantitative estimate of drug-likeness (QED) is 0.675. The zero-order chi connectivity index (χ0) is 9.26. The van der Waals surface area contributed by atoms with E-state index < -0.39 is 0 Å². The van der Waals surface area contributed by atoms with Gasteiger partial charge in [-0.05, 0) is 36.6 Å². The Morgan fingerprint density at radius 2 is 2.31 bits per heavy atom. The molecule has 1 aliphatic heterocycles.